The topological polar surface area (TPSA) is 100.0 Å². The molecule has 4 rings (SSSR count). The predicted octanol–water partition coefficient (Wildman–Crippen LogP) is 3.38. The number of carbonyl (C=O) groups is 2. The number of nitrogens with zero attached hydrogens (tertiary/aromatic N) is 2. The zero-order valence-electron chi connectivity index (χ0n) is 15.0. The van der Waals surface area contributed by atoms with Gasteiger partial charge in [-0.1, -0.05) is 35.2 Å². The van der Waals surface area contributed by atoms with Gasteiger partial charge in [0.2, 0.25) is 0 Å². The van der Waals surface area contributed by atoms with Crippen molar-refractivity contribution in [3.8, 4) is 5.19 Å². The van der Waals surface area contributed by atoms with Gasteiger partial charge in [0, 0.05) is 23.3 Å². The van der Waals surface area contributed by atoms with Gasteiger partial charge in [0.1, 0.15) is 4.88 Å². The fourth-order valence-corrected chi connectivity index (χ4v) is 5.03. The third-order valence-electron chi connectivity index (χ3n) is 5.25. The molecule has 1 amide bonds. The van der Waals surface area contributed by atoms with Crippen LogP contribution in [0.25, 0.3) is 0 Å². The van der Waals surface area contributed by atoms with Crippen LogP contribution in [0.2, 0.25) is 0 Å². The number of aliphatic hydroxyl groups excluding tert-OH is 1. The first-order chi connectivity index (χ1) is 13.5. The Kier molecular flexibility index (Phi) is 5.31. The first-order valence-corrected chi connectivity index (χ1v) is 10.8. The van der Waals surface area contributed by atoms with Gasteiger partial charge in [0.25, 0.3) is 10.4 Å². The Balaban J connectivity index is 1.38. The van der Waals surface area contributed by atoms with Crippen molar-refractivity contribution in [3.05, 3.63) is 40.9 Å². The number of hydrogen-bond donors (Lipinski definition) is 2. The van der Waals surface area contributed by atoms with Crippen LogP contribution in [0.5, 0.6) is 5.19 Å². The quantitative estimate of drug-likeness (QED) is 0.675. The molecule has 2 fully saturated rings. The lowest BCUT2D eigenvalue weighted by atomic mass is 9.96. The molecule has 2 N–H and O–H groups in total. The Morgan fingerprint density at radius 3 is 2.68 bits per heavy atom. The molecule has 1 atom stereocenters. The molecule has 1 aromatic carbocycles. The van der Waals surface area contributed by atoms with E-state index in [1.54, 1.807) is 4.90 Å². The second-order valence-corrected chi connectivity index (χ2v) is 8.98. The lowest BCUT2D eigenvalue weighted by Crippen LogP contribution is -2.34. The number of benzene rings is 1. The molecule has 9 heteroatoms. The molecule has 1 aliphatic heterocycles. The maximum absolute atomic E-state index is 12.4. The minimum atomic E-state index is -1.02. The highest BCUT2D eigenvalue weighted by Gasteiger charge is 2.43. The van der Waals surface area contributed by atoms with Crippen molar-refractivity contribution in [1.82, 2.24) is 4.98 Å². The van der Waals surface area contributed by atoms with Crippen LogP contribution in [0.1, 0.15) is 34.5 Å². The fraction of sp³-hybridized carbons (Fsp3) is 0.421. The third-order valence-corrected chi connectivity index (χ3v) is 7.14. The summed E-state index contributed by atoms with van der Waals surface area (Å²) >= 11 is 2.28. The van der Waals surface area contributed by atoms with Gasteiger partial charge >= 0.3 is 5.97 Å². The molecule has 148 valence electrons. The van der Waals surface area contributed by atoms with Gasteiger partial charge in [-0.2, -0.15) is 0 Å². The Hall–Kier alpha value is -2.10. The normalized spacial score (nSPS) is 20.4. The molecule has 1 aromatic heterocycles. The van der Waals surface area contributed by atoms with Gasteiger partial charge in [-0.25, -0.2) is 9.78 Å². The maximum atomic E-state index is 12.4. The van der Waals surface area contributed by atoms with E-state index in [0.717, 1.165) is 35.4 Å². The van der Waals surface area contributed by atoms with Gasteiger partial charge in [-0.3, -0.25) is 9.69 Å². The number of amides is 1. The predicted molar refractivity (Wildman–Crippen MR) is 108 cm³/mol. The average Bonchev–Trinajstić information content (AvgIpc) is 3.20. The summed E-state index contributed by atoms with van der Waals surface area (Å²) in [5.41, 5.74) is 1.88. The summed E-state index contributed by atoms with van der Waals surface area (Å²) in [6.07, 6.45) is 3.91. The molecule has 1 aliphatic carbocycles. The molecule has 0 radical (unpaired) electrons. The van der Waals surface area contributed by atoms with Crippen molar-refractivity contribution in [3.63, 3.8) is 0 Å². The minimum Gasteiger partial charge on any atom is -0.477 e. The minimum absolute atomic E-state index is 0.00924. The van der Waals surface area contributed by atoms with E-state index in [1.807, 2.05) is 24.3 Å². The van der Waals surface area contributed by atoms with E-state index in [9.17, 15) is 14.7 Å². The highest BCUT2D eigenvalue weighted by atomic mass is 32.2. The standard InChI is InChI=1S/C19H20N2O5S2/c22-11-19(6-7-19)12-1-3-13(4-2-12)21-14(10-27-18(21)25)5-8-26-17-20-9-15(28-17)16(23)24/h1-4,9,14,22H,5-8,10-11H2,(H,23,24)/t14-/m0/s1. The largest absolute Gasteiger partial charge is 0.477 e. The van der Waals surface area contributed by atoms with E-state index in [-0.39, 0.29) is 28.2 Å². The van der Waals surface area contributed by atoms with Crippen LogP contribution in [0.4, 0.5) is 10.5 Å². The van der Waals surface area contributed by atoms with E-state index in [2.05, 4.69) is 4.98 Å². The number of thiazole rings is 1. The molecule has 7 nitrogen and oxygen atoms in total. The number of ether oxygens (including phenoxy) is 1. The zero-order valence-corrected chi connectivity index (χ0v) is 16.7. The van der Waals surface area contributed by atoms with Crippen molar-refractivity contribution >= 4 is 40.0 Å². The van der Waals surface area contributed by atoms with Crippen molar-refractivity contribution < 1.29 is 24.5 Å². The summed E-state index contributed by atoms with van der Waals surface area (Å²) < 4.78 is 5.57. The molecule has 2 aliphatic rings. The number of rotatable bonds is 8. The Morgan fingerprint density at radius 2 is 2.07 bits per heavy atom. The van der Waals surface area contributed by atoms with Crippen LogP contribution in [0.3, 0.4) is 0 Å². The van der Waals surface area contributed by atoms with Crippen molar-refractivity contribution in [2.45, 2.75) is 30.7 Å². The molecule has 1 saturated heterocycles. The van der Waals surface area contributed by atoms with Gasteiger partial charge in [-0.15, -0.1) is 0 Å². The van der Waals surface area contributed by atoms with Gasteiger partial charge in [0.05, 0.1) is 25.5 Å². The van der Waals surface area contributed by atoms with Crippen LogP contribution < -0.4 is 9.64 Å². The van der Waals surface area contributed by atoms with Crippen LogP contribution in [0, 0.1) is 0 Å². The molecular weight excluding hydrogens is 400 g/mol. The average molecular weight is 421 g/mol. The monoisotopic (exact) mass is 420 g/mol. The lowest BCUT2D eigenvalue weighted by Gasteiger charge is -2.24. The third kappa shape index (κ3) is 3.74. The van der Waals surface area contributed by atoms with Crippen LogP contribution in [0.15, 0.2) is 30.5 Å². The number of carboxylic acids is 1. The van der Waals surface area contributed by atoms with Gasteiger partial charge in [0.15, 0.2) is 0 Å². The highest BCUT2D eigenvalue weighted by Crippen LogP contribution is 2.48. The molecule has 2 heterocycles. The van der Waals surface area contributed by atoms with Crippen LogP contribution in [-0.4, -0.2) is 51.4 Å². The highest BCUT2D eigenvalue weighted by molar-refractivity contribution is 8.14. The molecule has 1 saturated carbocycles. The van der Waals surface area contributed by atoms with Crippen LogP contribution >= 0.6 is 23.1 Å². The van der Waals surface area contributed by atoms with Crippen molar-refractivity contribution in [2.75, 3.05) is 23.9 Å². The number of carbonyl (C=O) groups excluding carboxylic acids is 1. The molecule has 2 aromatic rings. The van der Waals surface area contributed by atoms with Gasteiger partial charge in [-0.05, 0) is 30.5 Å². The van der Waals surface area contributed by atoms with E-state index in [0.29, 0.717) is 24.0 Å². The van der Waals surface area contributed by atoms with E-state index in [4.69, 9.17) is 9.84 Å². The molecular formula is C19H20N2O5S2. The number of thioether (sulfide) groups is 1. The summed E-state index contributed by atoms with van der Waals surface area (Å²) in [7, 11) is 0. The number of anilines is 1. The number of aromatic carboxylic acids is 1. The summed E-state index contributed by atoms with van der Waals surface area (Å²) in [5, 5.41) is 18.8. The second-order valence-electron chi connectivity index (χ2n) is 7.02. The first-order valence-electron chi connectivity index (χ1n) is 9.02. The summed E-state index contributed by atoms with van der Waals surface area (Å²) in [6, 6.07) is 7.91. The van der Waals surface area contributed by atoms with Crippen molar-refractivity contribution in [2.24, 2.45) is 0 Å². The van der Waals surface area contributed by atoms with E-state index < -0.39 is 5.97 Å². The van der Waals surface area contributed by atoms with Gasteiger partial charge < -0.3 is 14.9 Å². The zero-order chi connectivity index (χ0) is 19.7. The summed E-state index contributed by atoms with van der Waals surface area (Å²) in [5.74, 6) is -0.336. The number of hydrogen-bond acceptors (Lipinski definition) is 7. The summed E-state index contributed by atoms with van der Waals surface area (Å²) in [6.45, 7) is 0.512. The lowest BCUT2D eigenvalue weighted by molar-refractivity contribution is 0.0702. The van der Waals surface area contributed by atoms with Crippen molar-refractivity contribution in [1.29, 1.82) is 0 Å². The number of aromatic nitrogens is 1. The molecule has 0 spiro atoms. The van der Waals surface area contributed by atoms with E-state index in [1.165, 1.54) is 18.0 Å². The Morgan fingerprint density at radius 1 is 1.32 bits per heavy atom. The first kappa shape index (κ1) is 19.2. The fourth-order valence-electron chi connectivity index (χ4n) is 3.36. The molecule has 0 unspecified atom stereocenters. The molecule has 0 bridgehead atoms. The molecule has 28 heavy (non-hydrogen) atoms. The SMILES string of the molecule is O=C(O)c1cnc(OCC[C@H]2CSC(=O)N2c2ccc(C3(CO)CC3)cc2)s1. The maximum Gasteiger partial charge on any atom is 0.347 e. The summed E-state index contributed by atoms with van der Waals surface area (Å²) in [4.78, 5) is 29.2. The Bertz CT molecular complexity index is 879. The second kappa shape index (κ2) is 7.73. The van der Waals surface area contributed by atoms with Crippen LogP contribution in [-0.2, 0) is 5.41 Å². The smallest absolute Gasteiger partial charge is 0.347 e. The number of aliphatic hydroxyl groups is 1. The Labute approximate surface area is 170 Å². The van der Waals surface area contributed by atoms with E-state index >= 15 is 0 Å². The number of carboxylic acid groups (broad SMARTS) is 1.